The molecular formula is C22H35F3N4O5S. The molecule has 2 N–H and O–H groups in total. The maximum absolute atomic E-state index is 13.4. The summed E-state index contributed by atoms with van der Waals surface area (Å²) in [5, 5.41) is 10.3. The highest BCUT2D eigenvalue weighted by Crippen LogP contribution is 2.24. The second-order valence-corrected chi connectivity index (χ2v) is 10.5. The van der Waals surface area contributed by atoms with Gasteiger partial charge in [-0.05, 0) is 57.6 Å². The lowest BCUT2D eigenvalue weighted by molar-refractivity contribution is -0.192. The normalized spacial score (nSPS) is 14.6. The largest absolute Gasteiger partial charge is 0.490 e. The van der Waals surface area contributed by atoms with Gasteiger partial charge in [-0.25, -0.2) is 13.2 Å². The van der Waals surface area contributed by atoms with Gasteiger partial charge >= 0.3 is 12.1 Å². The van der Waals surface area contributed by atoms with Crippen LogP contribution >= 0.6 is 0 Å². The van der Waals surface area contributed by atoms with Gasteiger partial charge in [-0.1, -0.05) is 6.07 Å². The van der Waals surface area contributed by atoms with Crippen molar-refractivity contribution in [2.75, 3.05) is 59.9 Å². The van der Waals surface area contributed by atoms with E-state index in [0.717, 1.165) is 29.8 Å². The third-order valence-corrected chi connectivity index (χ3v) is 7.53. The fraction of sp³-hybridized carbons (Fsp3) is 0.636. The zero-order chi connectivity index (χ0) is 27.0. The Kier molecular flexibility index (Phi) is 11.6. The smallest absolute Gasteiger partial charge is 0.475 e. The molecule has 1 aromatic rings. The molecule has 0 unspecified atom stereocenters. The Morgan fingerprint density at radius 1 is 1.00 bits per heavy atom. The predicted octanol–water partition coefficient (Wildman–Crippen LogP) is 1.62. The van der Waals surface area contributed by atoms with Crippen LogP contribution in [0.25, 0.3) is 0 Å². The molecule has 0 saturated carbocycles. The Bertz CT molecular complexity index is 978. The second-order valence-electron chi connectivity index (χ2n) is 8.59. The van der Waals surface area contributed by atoms with Crippen molar-refractivity contribution in [1.29, 1.82) is 0 Å². The van der Waals surface area contributed by atoms with E-state index in [1.54, 1.807) is 6.07 Å². The van der Waals surface area contributed by atoms with E-state index in [0.29, 0.717) is 31.1 Å². The number of piperazine rings is 1. The van der Waals surface area contributed by atoms with Crippen LogP contribution in [0.1, 0.15) is 23.1 Å². The van der Waals surface area contributed by atoms with Crippen LogP contribution in [0.15, 0.2) is 17.0 Å². The fourth-order valence-corrected chi connectivity index (χ4v) is 5.03. The number of sulfonamides is 1. The lowest BCUT2D eigenvalue weighted by Crippen LogP contribution is -2.47. The minimum atomic E-state index is -5.08. The number of halogens is 3. The molecule has 0 spiro atoms. The number of carboxylic acid groups (broad SMARTS) is 1. The molecule has 0 bridgehead atoms. The summed E-state index contributed by atoms with van der Waals surface area (Å²) in [7, 11) is 0.160. The van der Waals surface area contributed by atoms with Crippen LogP contribution in [0.3, 0.4) is 0 Å². The van der Waals surface area contributed by atoms with Crippen molar-refractivity contribution in [2.24, 2.45) is 0 Å². The highest BCUT2D eigenvalue weighted by Gasteiger charge is 2.38. The molecule has 1 aliphatic heterocycles. The van der Waals surface area contributed by atoms with Gasteiger partial charge < -0.3 is 20.2 Å². The van der Waals surface area contributed by atoms with Crippen LogP contribution in [0.4, 0.5) is 13.2 Å². The third-order valence-electron chi connectivity index (χ3n) is 5.49. The van der Waals surface area contributed by atoms with Crippen molar-refractivity contribution >= 4 is 21.9 Å². The van der Waals surface area contributed by atoms with Gasteiger partial charge in [0.25, 0.3) is 0 Å². The summed E-state index contributed by atoms with van der Waals surface area (Å²) in [5.74, 6) is -2.74. The fourth-order valence-electron chi connectivity index (χ4n) is 3.31. The maximum Gasteiger partial charge on any atom is 0.490 e. The number of rotatable bonds is 8. The molecule has 200 valence electrons. The van der Waals surface area contributed by atoms with E-state index in [2.05, 4.69) is 5.32 Å². The van der Waals surface area contributed by atoms with Crippen molar-refractivity contribution in [1.82, 2.24) is 19.4 Å². The zero-order valence-electron chi connectivity index (χ0n) is 20.8. The minimum Gasteiger partial charge on any atom is -0.475 e. The molecule has 1 aromatic carbocycles. The first-order chi connectivity index (χ1) is 16.1. The number of nitrogens with zero attached hydrogens (tertiary/aromatic N) is 3. The van der Waals surface area contributed by atoms with Crippen LogP contribution in [-0.4, -0.2) is 106 Å². The topological polar surface area (TPSA) is 110 Å². The lowest BCUT2D eigenvalue weighted by atomic mass is 10.1. The standard InChI is InChI=1S/C20H34N4O3S.C2HF3O2/c1-16-14-18(3)19(15-17(16)2)28(26,27)24(13-12-22(4)5)9-6-20(25)23-10-7-21-8-11-23;3-2(4,5)1(6)7/h14-15,21H,6-13H2,1-5H3;(H,6,7). The van der Waals surface area contributed by atoms with Gasteiger partial charge in [0.05, 0.1) is 4.90 Å². The van der Waals surface area contributed by atoms with E-state index in [4.69, 9.17) is 9.90 Å². The van der Waals surface area contributed by atoms with E-state index in [1.165, 1.54) is 4.31 Å². The van der Waals surface area contributed by atoms with Crippen LogP contribution < -0.4 is 5.32 Å². The number of hydrogen-bond acceptors (Lipinski definition) is 6. The number of carboxylic acids is 1. The number of carbonyl (C=O) groups is 2. The molecule has 0 atom stereocenters. The quantitative estimate of drug-likeness (QED) is 0.532. The van der Waals surface area contributed by atoms with E-state index in [1.807, 2.05) is 50.7 Å². The molecule has 1 heterocycles. The first-order valence-electron chi connectivity index (χ1n) is 11.1. The Hall–Kier alpha value is -2.22. The molecule has 0 radical (unpaired) electrons. The molecular weight excluding hydrogens is 489 g/mol. The van der Waals surface area contributed by atoms with Gasteiger partial charge in [-0.15, -0.1) is 0 Å². The van der Waals surface area contributed by atoms with Crippen molar-refractivity contribution in [2.45, 2.75) is 38.3 Å². The summed E-state index contributed by atoms with van der Waals surface area (Å²) in [6, 6.07) is 3.67. The number of amides is 1. The average molecular weight is 525 g/mol. The first kappa shape index (κ1) is 30.8. The monoisotopic (exact) mass is 524 g/mol. The highest BCUT2D eigenvalue weighted by molar-refractivity contribution is 7.89. The number of alkyl halides is 3. The number of aliphatic carboxylic acids is 1. The summed E-state index contributed by atoms with van der Waals surface area (Å²) in [6.45, 7) is 9.83. The maximum atomic E-state index is 13.4. The Balaban J connectivity index is 0.000000762. The number of hydrogen-bond donors (Lipinski definition) is 2. The number of benzene rings is 1. The molecule has 0 aromatic heterocycles. The predicted molar refractivity (Wildman–Crippen MR) is 126 cm³/mol. The molecule has 2 rings (SSSR count). The molecule has 9 nitrogen and oxygen atoms in total. The van der Waals surface area contributed by atoms with E-state index < -0.39 is 22.2 Å². The van der Waals surface area contributed by atoms with Gasteiger partial charge in [0.2, 0.25) is 15.9 Å². The Morgan fingerprint density at radius 2 is 1.51 bits per heavy atom. The molecule has 1 amide bonds. The number of likely N-dealkylation sites (N-methyl/N-ethyl adjacent to an activating group) is 1. The van der Waals surface area contributed by atoms with Crippen LogP contribution in [-0.2, 0) is 19.6 Å². The molecule has 0 aliphatic carbocycles. The molecule has 1 saturated heterocycles. The van der Waals surface area contributed by atoms with E-state index >= 15 is 0 Å². The van der Waals surface area contributed by atoms with Crippen LogP contribution in [0.5, 0.6) is 0 Å². The summed E-state index contributed by atoms with van der Waals surface area (Å²) < 4.78 is 60.0. The van der Waals surface area contributed by atoms with Crippen molar-refractivity contribution in [3.05, 3.63) is 28.8 Å². The summed E-state index contributed by atoms with van der Waals surface area (Å²) in [5.41, 5.74) is 2.77. The number of nitrogens with one attached hydrogen (secondary N) is 1. The lowest BCUT2D eigenvalue weighted by Gasteiger charge is -2.29. The van der Waals surface area contributed by atoms with Gasteiger partial charge in [0.1, 0.15) is 0 Å². The third kappa shape index (κ3) is 9.74. The summed E-state index contributed by atoms with van der Waals surface area (Å²) in [4.78, 5) is 25.5. The second kappa shape index (κ2) is 13.2. The molecule has 1 aliphatic rings. The zero-order valence-corrected chi connectivity index (χ0v) is 21.6. The van der Waals surface area contributed by atoms with Crippen molar-refractivity contribution in [3.63, 3.8) is 0 Å². The highest BCUT2D eigenvalue weighted by atomic mass is 32.2. The van der Waals surface area contributed by atoms with Crippen molar-refractivity contribution < 1.29 is 36.3 Å². The van der Waals surface area contributed by atoms with Crippen molar-refractivity contribution in [3.8, 4) is 0 Å². The van der Waals surface area contributed by atoms with Gasteiger partial charge in [-0.2, -0.15) is 17.5 Å². The first-order valence-corrected chi connectivity index (χ1v) is 12.5. The minimum absolute atomic E-state index is 0.0170. The van der Waals surface area contributed by atoms with Gasteiger partial charge in [-0.3, -0.25) is 4.79 Å². The van der Waals surface area contributed by atoms with Gasteiger partial charge in [0, 0.05) is 52.2 Å². The summed E-state index contributed by atoms with van der Waals surface area (Å²) >= 11 is 0. The Labute approximate surface area is 204 Å². The Morgan fingerprint density at radius 3 is 2.00 bits per heavy atom. The average Bonchev–Trinajstić information content (AvgIpc) is 2.75. The van der Waals surface area contributed by atoms with Crippen LogP contribution in [0, 0.1) is 20.8 Å². The van der Waals surface area contributed by atoms with E-state index in [-0.39, 0.29) is 18.9 Å². The molecule has 1 fully saturated rings. The summed E-state index contributed by atoms with van der Waals surface area (Å²) in [6.07, 6.45) is -4.88. The SMILES string of the molecule is Cc1cc(C)c(S(=O)(=O)N(CCC(=O)N2CCNCC2)CCN(C)C)cc1C.O=C(O)C(F)(F)F. The van der Waals surface area contributed by atoms with Crippen LogP contribution in [0.2, 0.25) is 0 Å². The number of aryl methyl sites for hydroxylation is 3. The molecule has 35 heavy (non-hydrogen) atoms. The number of carbonyl (C=O) groups excluding carboxylic acids is 1. The molecule has 13 heteroatoms. The van der Waals surface area contributed by atoms with Gasteiger partial charge in [0.15, 0.2) is 0 Å². The van der Waals surface area contributed by atoms with E-state index in [9.17, 15) is 26.4 Å².